The number of hydrogen-bond donors (Lipinski definition) is 2. The van der Waals surface area contributed by atoms with E-state index in [1.807, 2.05) is 0 Å². The Labute approximate surface area is 65.1 Å². The third-order valence-corrected chi connectivity index (χ3v) is 2.17. The summed E-state index contributed by atoms with van der Waals surface area (Å²) in [5, 5.41) is 0. The maximum absolute atomic E-state index is 12.6. The van der Waals surface area contributed by atoms with Crippen LogP contribution in [0.2, 0.25) is 0 Å². The summed E-state index contributed by atoms with van der Waals surface area (Å²) in [6, 6.07) is 0. The van der Waals surface area contributed by atoms with Crippen molar-refractivity contribution >= 4 is 5.91 Å². The van der Waals surface area contributed by atoms with E-state index in [9.17, 15) is 9.18 Å². The van der Waals surface area contributed by atoms with Crippen molar-refractivity contribution in [3.05, 3.63) is 0 Å². The predicted molar refractivity (Wildman–Crippen MR) is 39.2 cm³/mol. The van der Waals surface area contributed by atoms with Gasteiger partial charge in [0.15, 0.2) is 0 Å². The molecule has 1 saturated carbocycles. The van der Waals surface area contributed by atoms with Crippen LogP contribution in [0.5, 0.6) is 0 Å². The summed E-state index contributed by atoms with van der Waals surface area (Å²) in [6.07, 6.45) is 1.54. The maximum atomic E-state index is 12.6. The first kappa shape index (κ1) is 8.46. The first-order chi connectivity index (χ1) is 5.24. The van der Waals surface area contributed by atoms with Crippen LogP contribution in [0, 0.1) is 5.92 Å². The van der Waals surface area contributed by atoms with Crippen LogP contribution < -0.4 is 11.3 Å². The number of nitrogens with one attached hydrogen (secondary N) is 1. The number of rotatable bonds is 1. The van der Waals surface area contributed by atoms with Gasteiger partial charge < -0.3 is 0 Å². The zero-order chi connectivity index (χ0) is 8.27. The van der Waals surface area contributed by atoms with Gasteiger partial charge in [-0.25, -0.2) is 10.2 Å². The summed E-state index contributed by atoms with van der Waals surface area (Å²) in [5.41, 5.74) is 2.09. The lowest BCUT2D eigenvalue weighted by molar-refractivity contribution is -0.126. The number of carbonyl (C=O) groups excluding carboxylic acids is 1. The third-order valence-electron chi connectivity index (χ3n) is 2.17. The molecule has 1 rings (SSSR count). The van der Waals surface area contributed by atoms with Gasteiger partial charge in [-0.15, -0.1) is 0 Å². The summed E-state index contributed by atoms with van der Waals surface area (Å²) < 4.78 is 12.6. The highest BCUT2D eigenvalue weighted by atomic mass is 19.1. The average Bonchev–Trinajstić information content (AvgIpc) is 2.05. The van der Waals surface area contributed by atoms with Crippen molar-refractivity contribution in [3.8, 4) is 0 Å². The van der Waals surface area contributed by atoms with E-state index in [-0.39, 0.29) is 11.8 Å². The highest BCUT2D eigenvalue weighted by Crippen LogP contribution is 2.25. The molecule has 0 heterocycles. The topological polar surface area (TPSA) is 55.1 Å². The van der Waals surface area contributed by atoms with E-state index < -0.39 is 6.17 Å². The number of amides is 1. The van der Waals surface area contributed by atoms with Crippen LogP contribution in [0.3, 0.4) is 0 Å². The lowest BCUT2D eigenvalue weighted by Gasteiger charge is -2.22. The molecule has 4 heteroatoms. The fourth-order valence-electron chi connectivity index (χ4n) is 1.43. The molecule has 0 aromatic rings. The first-order valence-electron chi connectivity index (χ1n) is 3.88. The van der Waals surface area contributed by atoms with Gasteiger partial charge in [0, 0.05) is 5.92 Å². The molecule has 0 spiro atoms. The smallest absolute Gasteiger partial charge is 0.236 e. The Kier molecular flexibility index (Phi) is 2.82. The molecule has 0 bridgehead atoms. The Morgan fingerprint density at radius 2 is 1.91 bits per heavy atom. The molecule has 11 heavy (non-hydrogen) atoms. The molecular formula is C7H13FN2O. The van der Waals surface area contributed by atoms with Crippen molar-refractivity contribution in [2.75, 3.05) is 0 Å². The molecule has 0 aromatic carbocycles. The quantitative estimate of drug-likeness (QED) is 0.333. The number of hydrazine groups is 1. The van der Waals surface area contributed by atoms with Crippen molar-refractivity contribution in [1.29, 1.82) is 0 Å². The van der Waals surface area contributed by atoms with Gasteiger partial charge in [-0.3, -0.25) is 10.2 Å². The molecule has 0 saturated heterocycles. The summed E-state index contributed by atoms with van der Waals surface area (Å²) in [7, 11) is 0. The first-order valence-corrected chi connectivity index (χ1v) is 3.88. The summed E-state index contributed by atoms with van der Waals surface area (Å²) >= 11 is 0. The van der Waals surface area contributed by atoms with Crippen LogP contribution in [0.1, 0.15) is 25.7 Å². The third kappa shape index (κ3) is 2.15. The minimum Gasteiger partial charge on any atom is -0.294 e. The molecular weight excluding hydrogens is 147 g/mol. The normalized spacial score (nSPS) is 31.5. The van der Waals surface area contributed by atoms with Gasteiger partial charge in [0.2, 0.25) is 5.91 Å². The monoisotopic (exact) mass is 160 g/mol. The Hall–Kier alpha value is -0.640. The number of carbonyl (C=O) groups is 1. The summed E-state index contributed by atoms with van der Waals surface area (Å²) in [6.45, 7) is 0. The van der Waals surface area contributed by atoms with E-state index in [2.05, 4.69) is 5.43 Å². The SMILES string of the molecule is NNC(=O)[C@H]1CC[C@H](F)CC1. The summed E-state index contributed by atoms with van der Waals surface area (Å²) in [5.74, 6) is 4.73. The predicted octanol–water partition coefficient (Wildman–Crippen LogP) is 0.505. The van der Waals surface area contributed by atoms with Gasteiger partial charge in [-0.2, -0.15) is 0 Å². The van der Waals surface area contributed by atoms with Crippen LogP contribution >= 0.6 is 0 Å². The zero-order valence-corrected chi connectivity index (χ0v) is 6.35. The van der Waals surface area contributed by atoms with Crippen molar-refractivity contribution < 1.29 is 9.18 Å². The van der Waals surface area contributed by atoms with Crippen molar-refractivity contribution in [1.82, 2.24) is 5.43 Å². The van der Waals surface area contributed by atoms with Gasteiger partial charge >= 0.3 is 0 Å². The maximum Gasteiger partial charge on any atom is 0.236 e. The van der Waals surface area contributed by atoms with E-state index in [4.69, 9.17) is 5.84 Å². The molecule has 1 aliphatic carbocycles. The van der Waals surface area contributed by atoms with E-state index >= 15 is 0 Å². The van der Waals surface area contributed by atoms with Gasteiger partial charge in [-0.1, -0.05) is 0 Å². The number of halogens is 1. The number of hydrogen-bond acceptors (Lipinski definition) is 2. The Balaban J connectivity index is 2.33. The standard InChI is InChI=1S/C7H13FN2O/c8-6-3-1-5(2-4-6)7(11)10-9/h5-6H,1-4,9H2,(H,10,11)/t5-,6-. The molecule has 0 aromatic heterocycles. The van der Waals surface area contributed by atoms with Crippen LogP contribution in [-0.2, 0) is 4.79 Å². The molecule has 0 aliphatic heterocycles. The summed E-state index contributed by atoms with van der Waals surface area (Å²) in [4.78, 5) is 10.9. The second-order valence-electron chi connectivity index (χ2n) is 2.96. The molecule has 0 atom stereocenters. The van der Waals surface area contributed by atoms with Gasteiger partial charge in [0.05, 0.1) is 0 Å². The van der Waals surface area contributed by atoms with Crippen LogP contribution in [0.25, 0.3) is 0 Å². The van der Waals surface area contributed by atoms with E-state index in [1.54, 1.807) is 0 Å². The molecule has 3 N–H and O–H groups in total. The van der Waals surface area contributed by atoms with Crippen LogP contribution in [-0.4, -0.2) is 12.1 Å². The molecule has 3 nitrogen and oxygen atoms in total. The second kappa shape index (κ2) is 3.67. The largest absolute Gasteiger partial charge is 0.294 e. The highest BCUT2D eigenvalue weighted by molar-refractivity contribution is 5.77. The van der Waals surface area contributed by atoms with Crippen LogP contribution in [0.4, 0.5) is 4.39 Å². The number of alkyl halides is 1. The second-order valence-corrected chi connectivity index (χ2v) is 2.96. The van der Waals surface area contributed by atoms with Gasteiger partial charge in [0.1, 0.15) is 6.17 Å². The fraction of sp³-hybridized carbons (Fsp3) is 0.857. The fourth-order valence-corrected chi connectivity index (χ4v) is 1.43. The van der Waals surface area contributed by atoms with E-state index in [1.165, 1.54) is 0 Å². The van der Waals surface area contributed by atoms with Gasteiger partial charge in [0.25, 0.3) is 0 Å². The van der Waals surface area contributed by atoms with E-state index in [0.29, 0.717) is 25.7 Å². The highest BCUT2D eigenvalue weighted by Gasteiger charge is 2.25. The molecule has 1 amide bonds. The van der Waals surface area contributed by atoms with Crippen LogP contribution in [0.15, 0.2) is 0 Å². The van der Waals surface area contributed by atoms with Crippen molar-refractivity contribution in [3.63, 3.8) is 0 Å². The molecule has 64 valence electrons. The van der Waals surface area contributed by atoms with Crippen molar-refractivity contribution in [2.45, 2.75) is 31.9 Å². The Morgan fingerprint density at radius 1 is 1.36 bits per heavy atom. The minimum absolute atomic E-state index is 0.0630. The molecule has 0 unspecified atom stereocenters. The Bertz CT molecular complexity index is 143. The Morgan fingerprint density at radius 3 is 2.36 bits per heavy atom. The minimum atomic E-state index is -0.711. The van der Waals surface area contributed by atoms with Crippen molar-refractivity contribution in [2.24, 2.45) is 11.8 Å². The average molecular weight is 160 g/mol. The number of nitrogens with two attached hydrogens (primary N) is 1. The molecule has 1 aliphatic rings. The lowest BCUT2D eigenvalue weighted by atomic mass is 9.88. The lowest BCUT2D eigenvalue weighted by Crippen LogP contribution is -2.37. The molecule has 0 radical (unpaired) electrons. The van der Waals surface area contributed by atoms with Gasteiger partial charge in [-0.05, 0) is 25.7 Å². The molecule has 1 fully saturated rings. The van der Waals surface area contributed by atoms with E-state index in [0.717, 1.165) is 0 Å². The zero-order valence-electron chi connectivity index (χ0n) is 6.35.